The molecule has 2 aliphatic rings. The number of nitrogens with zero attached hydrogens (tertiary/aromatic N) is 2. The predicted octanol–water partition coefficient (Wildman–Crippen LogP) is 0.768. The minimum atomic E-state index is 0.247. The van der Waals surface area contributed by atoms with Gasteiger partial charge in [-0.2, -0.15) is 0 Å². The fourth-order valence-electron chi connectivity index (χ4n) is 3.36. The van der Waals surface area contributed by atoms with Crippen molar-refractivity contribution in [2.24, 2.45) is 11.7 Å². The molecule has 0 atom stereocenters. The van der Waals surface area contributed by atoms with Gasteiger partial charge in [0.05, 0.1) is 13.2 Å². The molecule has 2 heterocycles. The third-order valence-corrected chi connectivity index (χ3v) is 4.47. The van der Waals surface area contributed by atoms with Crippen LogP contribution in [-0.4, -0.2) is 67.8 Å². The van der Waals surface area contributed by atoms with E-state index >= 15 is 0 Å². The zero-order valence-corrected chi connectivity index (χ0v) is 12.0. The Kier molecular flexibility index (Phi) is 5.01. The molecule has 0 aromatic rings. The molecule has 2 rings (SSSR count). The first-order valence-electron chi connectivity index (χ1n) is 7.41. The number of piperidine rings is 1. The van der Waals surface area contributed by atoms with E-state index in [2.05, 4.69) is 23.6 Å². The average Bonchev–Trinajstić information content (AvgIpc) is 2.40. The van der Waals surface area contributed by atoms with Crippen molar-refractivity contribution in [1.29, 1.82) is 0 Å². The van der Waals surface area contributed by atoms with Gasteiger partial charge >= 0.3 is 0 Å². The molecule has 2 saturated heterocycles. The summed E-state index contributed by atoms with van der Waals surface area (Å²) in [6, 6.07) is 0. The molecule has 0 spiro atoms. The van der Waals surface area contributed by atoms with Crippen molar-refractivity contribution in [2.45, 2.75) is 32.2 Å². The van der Waals surface area contributed by atoms with Crippen molar-refractivity contribution in [2.75, 3.05) is 52.5 Å². The molecule has 0 amide bonds. The number of likely N-dealkylation sites (tertiary alicyclic amines) is 1. The monoisotopic (exact) mass is 255 g/mol. The van der Waals surface area contributed by atoms with Crippen molar-refractivity contribution in [3.63, 3.8) is 0 Å². The standard InChI is InChI=1S/C14H29N3O/c1-13(2)11-16-5-3-14(12-15,4-6-16)17-7-9-18-10-8-17/h13H,3-12,15H2,1-2H3. The molecule has 4 nitrogen and oxygen atoms in total. The van der Waals surface area contributed by atoms with Gasteiger partial charge in [-0.1, -0.05) is 13.8 Å². The highest BCUT2D eigenvalue weighted by atomic mass is 16.5. The van der Waals surface area contributed by atoms with Crippen molar-refractivity contribution >= 4 is 0 Å². The molecule has 0 aliphatic carbocycles. The first kappa shape index (κ1) is 14.3. The van der Waals surface area contributed by atoms with Gasteiger partial charge in [0.25, 0.3) is 0 Å². The number of hydrogen-bond donors (Lipinski definition) is 1. The van der Waals surface area contributed by atoms with E-state index in [1.807, 2.05) is 0 Å². The Morgan fingerprint density at radius 3 is 2.22 bits per heavy atom. The van der Waals surface area contributed by atoms with Crippen LogP contribution in [0.15, 0.2) is 0 Å². The van der Waals surface area contributed by atoms with E-state index in [-0.39, 0.29) is 5.54 Å². The normalized spacial score (nSPS) is 26.7. The Labute approximate surface area is 111 Å². The zero-order valence-electron chi connectivity index (χ0n) is 12.0. The lowest BCUT2D eigenvalue weighted by atomic mass is 9.85. The topological polar surface area (TPSA) is 41.7 Å². The lowest BCUT2D eigenvalue weighted by molar-refractivity contribution is -0.0446. The molecule has 18 heavy (non-hydrogen) atoms. The van der Waals surface area contributed by atoms with Crippen molar-refractivity contribution in [3.05, 3.63) is 0 Å². The van der Waals surface area contributed by atoms with E-state index in [4.69, 9.17) is 10.5 Å². The minimum absolute atomic E-state index is 0.247. The highest BCUT2D eigenvalue weighted by molar-refractivity contribution is 4.97. The van der Waals surface area contributed by atoms with Gasteiger partial charge in [-0.05, 0) is 31.8 Å². The van der Waals surface area contributed by atoms with Crippen LogP contribution in [-0.2, 0) is 4.74 Å². The smallest absolute Gasteiger partial charge is 0.0594 e. The molecule has 2 fully saturated rings. The second-order valence-electron chi connectivity index (χ2n) is 6.22. The quantitative estimate of drug-likeness (QED) is 0.805. The van der Waals surface area contributed by atoms with Gasteiger partial charge in [0, 0.05) is 31.7 Å². The van der Waals surface area contributed by atoms with Crippen molar-refractivity contribution in [3.8, 4) is 0 Å². The summed E-state index contributed by atoms with van der Waals surface area (Å²) < 4.78 is 5.46. The van der Waals surface area contributed by atoms with E-state index < -0.39 is 0 Å². The summed E-state index contributed by atoms with van der Waals surface area (Å²) in [6.45, 7) is 12.9. The summed E-state index contributed by atoms with van der Waals surface area (Å²) in [5, 5.41) is 0. The fraction of sp³-hybridized carbons (Fsp3) is 1.00. The summed E-state index contributed by atoms with van der Waals surface area (Å²) in [7, 11) is 0. The van der Waals surface area contributed by atoms with Gasteiger partial charge in [-0.15, -0.1) is 0 Å². The lowest BCUT2D eigenvalue weighted by Gasteiger charge is -2.49. The van der Waals surface area contributed by atoms with Gasteiger partial charge < -0.3 is 15.4 Å². The van der Waals surface area contributed by atoms with Crippen LogP contribution in [0.1, 0.15) is 26.7 Å². The van der Waals surface area contributed by atoms with E-state index in [1.165, 1.54) is 32.5 Å². The zero-order chi connectivity index (χ0) is 13.0. The van der Waals surface area contributed by atoms with Crippen molar-refractivity contribution in [1.82, 2.24) is 9.80 Å². The van der Waals surface area contributed by atoms with Crippen LogP contribution in [0.4, 0.5) is 0 Å². The summed E-state index contributed by atoms with van der Waals surface area (Å²) in [6.07, 6.45) is 2.44. The van der Waals surface area contributed by atoms with Gasteiger partial charge in [0.2, 0.25) is 0 Å². The number of nitrogens with two attached hydrogens (primary N) is 1. The number of rotatable bonds is 4. The lowest BCUT2D eigenvalue weighted by Crippen LogP contribution is -2.62. The third kappa shape index (κ3) is 3.23. The molecule has 4 heteroatoms. The molecule has 2 aliphatic heterocycles. The molecule has 0 saturated carbocycles. The first-order valence-corrected chi connectivity index (χ1v) is 7.41. The highest BCUT2D eigenvalue weighted by Gasteiger charge is 2.39. The van der Waals surface area contributed by atoms with Crippen molar-refractivity contribution < 1.29 is 4.74 Å². The second-order valence-corrected chi connectivity index (χ2v) is 6.22. The maximum absolute atomic E-state index is 6.11. The Morgan fingerprint density at radius 2 is 1.72 bits per heavy atom. The maximum atomic E-state index is 6.11. The second kappa shape index (κ2) is 6.33. The van der Waals surface area contributed by atoms with Crippen LogP contribution in [0, 0.1) is 5.92 Å². The summed E-state index contributed by atoms with van der Waals surface area (Å²) in [4.78, 5) is 5.18. The summed E-state index contributed by atoms with van der Waals surface area (Å²) in [5.41, 5.74) is 6.36. The largest absolute Gasteiger partial charge is 0.379 e. The number of ether oxygens (including phenoxy) is 1. The Balaban J connectivity index is 1.90. The third-order valence-electron chi connectivity index (χ3n) is 4.47. The maximum Gasteiger partial charge on any atom is 0.0594 e. The summed E-state index contributed by atoms with van der Waals surface area (Å²) >= 11 is 0. The molecule has 0 unspecified atom stereocenters. The van der Waals surface area contributed by atoms with Crippen LogP contribution in [0.5, 0.6) is 0 Å². The van der Waals surface area contributed by atoms with Crippen LogP contribution < -0.4 is 5.73 Å². The van der Waals surface area contributed by atoms with Crippen LogP contribution in [0.25, 0.3) is 0 Å². The summed E-state index contributed by atoms with van der Waals surface area (Å²) in [5.74, 6) is 0.763. The Morgan fingerprint density at radius 1 is 1.11 bits per heavy atom. The highest BCUT2D eigenvalue weighted by Crippen LogP contribution is 2.29. The van der Waals surface area contributed by atoms with E-state index in [0.717, 1.165) is 38.8 Å². The van der Waals surface area contributed by atoms with Crippen LogP contribution >= 0.6 is 0 Å². The molecule has 0 bridgehead atoms. The van der Waals surface area contributed by atoms with E-state index in [9.17, 15) is 0 Å². The molecule has 2 N–H and O–H groups in total. The number of hydrogen-bond acceptors (Lipinski definition) is 4. The molecule has 106 valence electrons. The Bertz CT molecular complexity index is 243. The van der Waals surface area contributed by atoms with Gasteiger partial charge in [0.15, 0.2) is 0 Å². The molecular formula is C14H29N3O. The molecule has 0 aromatic carbocycles. The molecule has 0 aromatic heterocycles. The average molecular weight is 255 g/mol. The van der Waals surface area contributed by atoms with Gasteiger partial charge in [0.1, 0.15) is 0 Å². The number of morpholine rings is 1. The minimum Gasteiger partial charge on any atom is -0.379 e. The van der Waals surface area contributed by atoms with Crippen LogP contribution in [0.3, 0.4) is 0 Å². The Hall–Kier alpha value is -0.160. The molecular weight excluding hydrogens is 226 g/mol. The predicted molar refractivity (Wildman–Crippen MR) is 74.7 cm³/mol. The van der Waals surface area contributed by atoms with Gasteiger partial charge in [-0.3, -0.25) is 4.90 Å². The van der Waals surface area contributed by atoms with E-state index in [0.29, 0.717) is 0 Å². The van der Waals surface area contributed by atoms with Crippen LogP contribution in [0.2, 0.25) is 0 Å². The SMILES string of the molecule is CC(C)CN1CCC(CN)(N2CCOCC2)CC1. The van der Waals surface area contributed by atoms with E-state index in [1.54, 1.807) is 0 Å². The first-order chi connectivity index (χ1) is 8.66. The molecule has 0 radical (unpaired) electrons. The fourth-order valence-corrected chi connectivity index (χ4v) is 3.36. The van der Waals surface area contributed by atoms with Gasteiger partial charge in [-0.25, -0.2) is 0 Å².